The van der Waals surface area contributed by atoms with Crippen molar-refractivity contribution >= 4 is 28.5 Å². The lowest BCUT2D eigenvalue weighted by Crippen LogP contribution is -2.11. The average molecular weight is 226 g/mol. The number of carbonyl (C=O) groups is 1. The fourth-order valence-electron chi connectivity index (χ4n) is 1.03. The third kappa shape index (κ3) is 1.59. The lowest BCUT2D eigenvalue weighted by atomic mass is 10.4. The van der Waals surface area contributed by atoms with Crippen LogP contribution in [0.5, 0.6) is 0 Å². The van der Waals surface area contributed by atoms with E-state index < -0.39 is 11.5 Å². The molecule has 0 amide bonds. The van der Waals surface area contributed by atoms with Gasteiger partial charge in [-0.25, -0.2) is 9.89 Å². The van der Waals surface area contributed by atoms with Crippen LogP contribution < -0.4 is 5.56 Å². The van der Waals surface area contributed by atoms with Gasteiger partial charge < -0.3 is 4.74 Å². The van der Waals surface area contributed by atoms with Gasteiger partial charge in [-0.2, -0.15) is 4.37 Å². The van der Waals surface area contributed by atoms with Crippen molar-refractivity contribution in [3.8, 4) is 0 Å². The van der Waals surface area contributed by atoms with Crippen molar-refractivity contribution in [2.24, 2.45) is 0 Å². The highest BCUT2D eigenvalue weighted by molar-refractivity contribution is 7.09. The topological polar surface area (TPSA) is 97.8 Å². The summed E-state index contributed by atoms with van der Waals surface area (Å²) < 4.78 is 8.60. The van der Waals surface area contributed by atoms with Crippen molar-refractivity contribution in [1.29, 1.82) is 0 Å². The highest BCUT2D eigenvalue weighted by Gasteiger charge is 2.18. The lowest BCUT2D eigenvalue weighted by molar-refractivity contribution is 0.0534. The van der Waals surface area contributed by atoms with Crippen LogP contribution in [-0.4, -0.2) is 32.4 Å². The van der Waals surface area contributed by atoms with E-state index in [1.54, 1.807) is 6.92 Å². The molecule has 0 saturated carbocycles. The van der Waals surface area contributed by atoms with Gasteiger partial charge in [0, 0.05) is 0 Å². The first-order valence-corrected chi connectivity index (χ1v) is 4.89. The molecule has 0 radical (unpaired) electrons. The minimum atomic E-state index is -0.537. The van der Waals surface area contributed by atoms with Gasteiger partial charge in [0.2, 0.25) is 0 Å². The molecule has 78 valence electrons. The molecule has 0 aliphatic carbocycles. The monoisotopic (exact) mass is 226 g/mol. The molecule has 0 aliphatic rings. The summed E-state index contributed by atoms with van der Waals surface area (Å²) in [5.74, 6) is -0.537. The molecular weight excluding hydrogens is 220 g/mol. The van der Waals surface area contributed by atoms with Gasteiger partial charge in [-0.3, -0.25) is 4.79 Å². The summed E-state index contributed by atoms with van der Waals surface area (Å²) in [5.41, 5.74) is -0.174. The van der Waals surface area contributed by atoms with Gasteiger partial charge in [-0.15, -0.1) is 5.10 Å². The molecule has 8 heteroatoms. The fourth-order valence-corrected chi connectivity index (χ4v) is 1.74. The number of rotatable bonds is 2. The molecule has 1 N–H and O–H groups in total. The van der Waals surface area contributed by atoms with Crippen LogP contribution in [0.4, 0.5) is 0 Å². The summed E-state index contributed by atoms with van der Waals surface area (Å²) in [6.45, 7) is 1.95. The second-order valence-corrected chi connectivity index (χ2v) is 3.34. The van der Waals surface area contributed by atoms with E-state index in [0.29, 0.717) is 0 Å². The van der Waals surface area contributed by atoms with Gasteiger partial charge in [0.15, 0.2) is 10.4 Å². The summed E-state index contributed by atoms with van der Waals surface area (Å²) in [5, 5.41) is 9.14. The van der Waals surface area contributed by atoms with E-state index in [9.17, 15) is 9.59 Å². The van der Waals surface area contributed by atoms with Gasteiger partial charge >= 0.3 is 5.97 Å². The molecule has 0 aromatic carbocycles. The molecule has 2 aromatic rings. The van der Waals surface area contributed by atoms with E-state index in [2.05, 4.69) is 19.8 Å². The second-order valence-electron chi connectivity index (χ2n) is 2.57. The number of aromatic amines is 1. The molecule has 0 atom stereocenters. The van der Waals surface area contributed by atoms with E-state index in [1.165, 1.54) is 0 Å². The molecule has 0 bridgehead atoms. The molecule has 0 unspecified atom stereocenters. The van der Waals surface area contributed by atoms with Gasteiger partial charge in [0.05, 0.1) is 6.61 Å². The van der Waals surface area contributed by atoms with Crippen LogP contribution in [0.25, 0.3) is 11.0 Å². The van der Waals surface area contributed by atoms with Crippen molar-refractivity contribution in [3.05, 3.63) is 15.2 Å². The standard InChI is InChI=1S/C7H6N4O3S/c1-2-14-7(13)5-3-4(10-15-5)6(12)9-11-8-3/h2H2,1H3,(H,8,9,12). The minimum absolute atomic E-state index is 0.109. The number of nitrogens with one attached hydrogen (secondary N) is 1. The number of hydrogen-bond donors (Lipinski definition) is 1. The van der Waals surface area contributed by atoms with Crippen LogP contribution in [0.1, 0.15) is 16.6 Å². The Labute approximate surface area is 87.2 Å². The molecule has 0 aliphatic heterocycles. The Morgan fingerprint density at radius 3 is 3.07 bits per heavy atom. The maximum absolute atomic E-state index is 11.4. The molecule has 2 rings (SSSR count). The molecule has 0 saturated heterocycles. The highest BCUT2D eigenvalue weighted by Crippen LogP contribution is 2.17. The smallest absolute Gasteiger partial charge is 0.352 e. The molecular formula is C7H6N4O3S. The van der Waals surface area contributed by atoms with E-state index in [1.807, 2.05) is 0 Å². The number of H-pyrrole nitrogens is 1. The van der Waals surface area contributed by atoms with Crippen LogP contribution in [0.15, 0.2) is 4.79 Å². The Hall–Kier alpha value is -1.83. The number of fused-ring (bicyclic) bond motifs is 1. The van der Waals surface area contributed by atoms with Crippen LogP contribution >= 0.6 is 11.5 Å². The highest BCUT2D eigenvalue weighted by atomic mass is 32.1. The Bertz CT molecular complexity index is 561. The quantitative estimate of drug-likeness (QED) is 0.721. The second kappa shape index (κ2) is 3.73. The van der Waals surface area contributed by atoms with Gasteiger partial charge in [-0.1, -0.05) is 5.21 Å². The fraction of sp³-hybridized carbons (Fsp3) is 0.286. The van der Waals surface area contributed by atoms with Crippen molar-refractivity contribution in [2.45, 2.75) is 6.92 Å². The predicted molar refractivity (Wildman–Crippen MR) is 51.8 cm³/mol. The zero-order chi connectivity index (χ0) is 10.8. The number of aromatic nitrogens is 4. The average Bonchev–Trinajstić information content (AvgIpc) is 2.63. The zero-order valence-electron chi connectivity index (χ0n) is 7.68. The summed E-state index contributed by atoms with van der Waals surface area (Å²) in [4.78, 5) is 22.8. The van der Waals surface area contributed by atoms with E-state index in [0.717, 1.165) is 11.5 Å². The Balaban J connectivity index is 2.59. The van der Waals surface area contributed by atoms with E-state index in [4.69, 9.17) is 4.74 Å². The van der Waals surface area contributed by atoms with Crippen molar-refractivity contribution in [1.82, 2.24) is 19.8 Å². The zero-order valence-corrected chi connectivity index (χ0v) is 8.50. The normalized spacial score (nSPS) is 10.5. The number of hydrogen-bond acceptors (Lipinski definition) is 7. The third-order valence-corrected chi connectivity index (χ3v) is 2.46. The maximum atomic E-state index is 11.4. The number of nitrogens with zero attached hydrogens (tertiary/aromatic N) is 3. The van der Waals surface area contributed by atoms with E-state index >= 15 is 0 Å². The Kier molecular flexibility index (Phi) is 2.42. The van der Waals surface area contributed by atoms with E-state index in [-0.39, 0.29) is 22.5 Å². The Morgan fingerprint density at radius 1 is 1.53 bits per heavy atom. The minimum Gasteiger partial charge on any atom is -0.462 e. The first-order chi connectivity index (χ1) is 7.24. The number of ether oxygens (including phenoxy) is 1. The van der Waals surface area contributed by atoms with Crippen LogP contribution in [0.3, 0.4) is 0 Å². The van der Waals surface area contributed by atoms with Gasteiger partial charge in [0.1, 0.15) is 5.52 Å². The summed E-state index contributed by atoms with van der Waals surface area (Å²) in [6.07, 6.45) is 0. The first-order valence-electron chi connectivity index (χ1n) is 4.12. The molecule has 7 nitrogen and oxygen atoms in total. The summed E-state index contributed by atoms with van der Waals surface area (Å²) in [6, 6.07) is 0. The predicted octanol–water partition coefficient (Wildman–Crippen LogP) is -0.0487. The maximum Gasteiger partial charge on any atom is 0.352 e. The van der Waals surface area contributed by atoms with Gasteiger partial charge in [0.25, 0.3) is 5.56 Å². The largest absolute Gasteiger partial charge is 0.462 e. The Morgan fingerprint density at radius 2 is 2.33 bits per heavy atom. The van der Waals surface area contributed by atoms with Crippen molar-refractivity contribution in [3.63, 3.8) is 0 Å². The SMILES string of the molecule is CCOC(=O)c1snc2c(=O)[nH]nnc12. The van der Waals surface area contributed by atoms with Crippen LogP contribution in [0, 0.1) is 0 Å². The van der Waals surface area contributed by atoms with Crippen molar-refractivity contribution < 1.29 is 9.53 Å². The molecule has 15 heavy (non-hydrogen) atoms. The van der Waals surface area contributed by atoms with Gasteiger partial charge in [-0.05, 0) is 18.5 Å². The lowest BCUT2D eigenvalue weighted by Gasteiger charge is -1.96. The van der Waals surface area contributed by atoms with Crippen LogP contribution in [-0.2, 0) is 4.74 Å². The third-order valence-electron chi connectivity index (χ3n) is 1.65. The molecule has 0 spiro atoms. The number of carbonyl (C=O) groups excluding carboxylic acids is 1. The molecule has 2 aromatic heterocycles. The van der Waals surface area contributed by atoms with Crippen molar-refractivity contribution in [2.75, 3.05) is 6.61 Å². The molecule has 0 fully saturated rings. The number of esters is 1. The summed E-state index contributed by atoms with van der Waals surface area (Å²) >= 11 is 0.878. The summed E-state index contributed by atoms with van der Waals surface area (Å²) in [7, 11) is 0. The first kappa shape index (κ1) is 9.71. The van der Waals surface area contributed by atoms with Crippen LogP contribution in [0.2, 0.25) is 0 Å². The molecule has 2 heterocycles.